The van der Waals surface area contributed by atoms with Crippen molar-refractivity contribution in [1.29, 1.82) is 0 Å². The van der Waals surface area contributed by atoms with Crippen molar-refractivity contribution in [3.05, 3.63) is 0 Å². The van der Waals surface area contributed by atoms with E-state index in [1.807, 2.05) is 0 Å². The molecule has 0 aromatic rings. The monoisotopic (exact) mass is 680 g/mol. The maximum Gasteiger partial charge on any atom is 0.472 e. The highest BCUT2D eigenvalue weighted by atomic mass is 31.2. The molecule has 0 aliphatic heterocycles. The Labute approximate surface area is 280 Å². The Kier molecular flexibility index (Phi) is 31.8. The maximum absolute atomic E-state index is 12.3. The molecule has 46 heavy (non-hydrogen) atoms. The molecule has 0 aromatic carbocycles. The number of rotatable bonds is 35. The number of phosphoric acid groups is 1. The summed E-state index contributed by atoms with van der Waals surface area (Å²) in [6, 6.07) is 0. The molecule has 0 aromatic heterocycles. The van der Waals surface area contributed by atoms with Crippen molar-refractivity contribution < 1.29 is 47.8 Å². The molecule has 0 spiro atoms. The fourth-order valence-corrected chi connectivity index (χ4v) is 5.96. The van der Waals surface area contributed by atoms with Crippen molar-refractivity contribution in [3.63, 3.8) is 0 Å². The normalized spacial score (nSPS) is 14.1. The quantitative estimate of drug-likeness (QED) is 0.0337. The van der Waals surface area contributed by atoms with Crippen molar-refractivity contribution in [3.8, 4) is 0 Å². The molecule has 0 fully saturated rings. The van der Waals surface area contributed by atoms with Crippen molar-refractivity contribution in [2.24, 2.45) is 0 Å². The zero-order valence-corrected chi connectivity index (χ0v) is 30.2. The lowest BCUT2D eigenvalue weighted by Gasteiger charge is -2.20. The van der Waals surface area contributed by atoms with E-state index < -0.39 is 58.4 Å². The van der Waals surface area contributed by atoms with Crippen LogP contribution in [0.1, 0.15) is 174 Å². The van der Waals surface area contributed by atoms with E-state index in [9.17, 15) is 29.3 Å². The van der Waals surface area contributed by atoms with Crippen molar-refractivity contribution in [1.82, 2.24) is 0 Å². The van der Waals surface area contributed by atoms with Crippen LogP contribution in [0, 0.1) is 0 Å². The van der Waals surface area contributed by atoms with Crippen LogP contribution in [0.2, 0.25) is 0 Å². The van der Waals surface area contributed by atoms with Crippen LogP contribution < -0.4 is 0 Å². The third-order valence-corrected chi connectivity index (χ3v) is 9.02. The van der Waals surface area contributed by atoms with E-state index in [0.717, 1.165) is 38.5 Å². The summed E-state index contributed by atoms with van der Waals surface area (Å²) in [6.45, 7) is 2.19. The summed E-state index contributed by atoms with van der Waals surface area (Å²) in [5.41, 5.74) is 0. The van der Waals surface area contributed by atoms with E-state index >= 15 is 0 Å². The smallest absolute Gasteiger partial charge is 0.457 e. The molecular formula is C35H69O10P. The van der Waals surface area contributed by atoms with Gasteiger partial charge in [-0.05, 0) is 12.8 Å². The van der Waals surface area contributed by atoms with Crippen LogP contribution in [0.3, 0.4) is 0 Å². The van der Waals surface area contributed by atoms with Gasteiger partial charge in [0.2, 0.25) is 0 Å². The van der Waals surface area contributed by atoms with Crippen LogP contribution in [0.5, 0.6) is 0 Å². The molecule has 10 nitrogen and oxygen atoms in total. The second-order valence-electron chi connectivity index (χ2n) is 12.6. The van der Waals surface area contributed by atoms with Gasteiger partial charge in [0.25, 0.3) is 0 Å². The van der Waals surface area contributed by atoms with Gasteiger partial charge >= 0.3 is 19.8 Å². The fourth-order valence-electron chi connectivity index (χ4n) is 5.17. The summed E-state index contributed by atoms with van der Waals surface area (Å²) < 4.78 is 32.4. The standard InChI is InChI=1S/C35H69O10P/c1-3-5-7-9-11-13-15-17-19-21-23-25-27-35(39)45-33(29-37)31-43-46(40,41)42-30-32(28-36)44-34(38)26-24-22-20-18-16-14-12-10-8-6-4-2/h32-33,36-37H,3-31H2,1-2H3,(H,40,41). The van der Waals surface area contributed by atoms with Crippen molar-refractivity contribution in [2.45, 2.75) is 187 Å². The third-order valence-electron chi connectivity index (χ3n) is 8.07. The van der Waals surface area contributed by atoms with Crippen LogP contribution >= 0.6 is 7.82 Å². The van der Waals surface area contributed by atoms with Gasteiger partial charge in [0.05, 0.1) is 26.4 Å². The van der Waals surface area contributed by atoms with E-state index in [-0.39, 0.29) is 12.8 Å². The number of carbonyl (C=O) groups is 2. The maximum atomic E-state index is 12.3. The van der Waals surface area contributed by atoms with Gasteiger partial charge in [0.15, 0.2) is 0 Å². The highest BCUT2D eigenvalue weighted by Gasteiger charge is 2.27. The number of hydrogen-bond acceptors (Lipinski definition) is 9. The second kappa shape index (κ2) is 32.5. The van der Waals surface area contributed by atoms with Crippen LogP contribution in [0.15, 0.2) is 0 Å². The Balaban J connectivity index is 3.98. The van der Waals surface area contributed by atoms with E-state index in [0.29, 0.717) is 12.8 Å². The number of aliphatic hydroxyl groups is 2. The number of aliphatic hydroxyl groups excluding tert-OH is 2. The fraction of sp³-hybridized carbons (Fsp3) is 0.943. The Bertz CT molecular complexity index is 751. The first-order valence-electron chi connectivity index (χ1n) is 18.5. The van der Waals surface area contributed by atoms with Crippen molar-refractivity contribution in [2.75, 3.05) is 26.4 Å². The number of hydrogen-bond donors (Lipinski definition) is 3. The van der Waals surface area contributed by atoms with E-state index in [4.69, 9.17) is 18.5 Å². The number of carbonyl (C=O) groups excluding carboxylic acids is 2. The predicted octanol–water partition coefficient (Wildman–Crippen LogP) is 8.72. The Morgan fingerprint density at radius 2 is 0.761 bits per heavy atom. The largest absolute Gasteiger partial charge is 0.472 e. The van der Waals surface area contributed by atoms with Gasteiger partial charge in [0.1, 0.15) is 12.2 Å². The Hall–Kier alpha value is -1.03. The van der Waals surface area contributed by atoms with Crippen LogP contribution in [-0.4, -0.2) is 65.7 Å². The molecule has 0 radical (unpaired) electrons. The third kappa shape index (κ3) is 30.3. The molecule has 0 saturated heterocycles. The predicted molar refractivity (Wildman–Crippen MR) is 182 cm³/mol. The first kappa shape index (κ1) is 45.0. The van der Waals surface area contributed by atoms with Gasteiger partial charge in [-0.1, -0.05) is 149 Å². The molecule has 0 saturated carbocycles. The van der Waals surface area contributed by atoms with Gasteiger partial charge in [-0.25, -0.2) is 4.57 Å². The number of phosphoric ester groups is 1. The molecule has 0 aliphatic rings. The van der Waals surface area contributed by atoms with Crippen molar-refractivity contribution >= 4 is 19.8 Å². The zero-order chi connectivity index (χ0) is 34.1. The zero-order valence-electron chi connectivity index (χ0n) is 29.3. The van der Waals surface area contributed by atoms with Gasteiger partial charge < -0.3 is 24.6 Å². The van der Waals surface area contributed by atoms with E-state index in [2.05, 4.69) is 13.8 Å². The Morgan fingerprint density at radius 1 is 0.500 bits per heavy atom. The molecule has 3 N–H and O–H groups in total. The van der Waals surface area contributed by atoms with Crippen LogP contribution in [0.25, 0.3) is 0 Å². The average Bonchev–Trinajstić information content (AvgIpc) is 3.04. The highest BCUT2D eigenvalue weighted by molar-refractivity contribution is 7.47. The SMILES string of the molecule is CCCCCCCCCCCCCCC(=O)OC(CO)COP(=O)(O)OCC(CO)OC(=O)CCCCCCCCCCCCC. The van der Waals surface area contributed by atoms with Gasteiger partial charge in [-0.15, -0.1) is 0 Å². The van der Waals surface area contributed by atoms with Crippen LogP contribution in [0.4, 0.5) is 0 Å². The molecule has 3 unspecified atom stereocenters. The summed E-state index contributed by atoms with van der Waals surface area (Å²) in [5.74, 6) is -1.01. The summed E-state index contributed by atoms with van der Waals surface area (Å²) in [5, 5.41) is 19.0. The van der Waals surface area contributed by atoms with Gasteiger partial charge in [0, 0.05) is 12.8 Å². The molecule has 3 atom stereocenters. The molecule has 0 heterocycles. The lowest BCUT2D eigenvalue weighted by atomic mass is 10.0. The molecule has 0 bridgehead atoms. The lowest BCUT2D eigenvalue weighted by molar-refractivity contribution is -0.153. The molecule has 274 valence electrons. The second-order valence-corrected chi connectivity index (χ2v) is 14.0. The van der Waals surface area contributed by atoms with Crippen LogP contribution in [-0.2, 0) is 32.7 Å². The van der Waals surface area contributed by atoms with E-state index in [1.165, 1.54) is 96.3 Å². The first-order chi connectivity index (χ1) is 22.3. The number of esters is 2. The molecule has 0 rings (SSSR count). The molecule has 11 heteroatoms. The van der Waals surface area contributed by atoms with E-state index in [1.54, 1.807) is 0 Å². The van der Waals surface area contributed by atoms with Gasteiger partial charge in [-0.3, -0.25) is 18.6 Å². The molecule has 0 amide bonds. The average molecular weight is 681 g/mol. The summed E-state index contributed by atoms with van der Waals surface area (Å²) in [4.78, 5) is 34.2. The lowest BCUT2D eigenvalue weighted by Crippen LogP contribution is -2.28. The molecular weight excluding hydrogens is 611 g/mol. The minimum absolute atomic E-state index is 0.198. The topological polar surface area (TPSA) is 149 Å². The van der Waals surface area contributed by atoms with Gasteiger partial charge in [-0.2, -0.15) is 0 Å². The summed E-state index contributed by atoms with van der Waals surface area (Å²) in [6.07, 6.45) is 25.1. The number of ether oxygens (including phenoxy) is 2. The summed E-state index contributed by atoms with van der Waals surface area (Å²) >= 11 is 0. The number of unbranched alkanes of at least 4 members (excludes halogenated alkanes) is 21. The Morgan fingerprint density at radius 3 is 1.02 bits per heavy atom. The summed E-state index contributed by atoms with van der Waals surface area (Å²) in [7, 11) is -4.62. The first-order valence-corrected chi connectivity index (χ1v) is 20.0. The minimum Gasteiger partial charge on any atom is -0.457 e. The highest BCUT2D eigenvalue weighted by Crippen LogP contribution is 2.43. The molecule has 0 aliphatic carbocycles. The minimum atomic E-state index is -4.62.